The van der Waals surface area contributed by atoms with E-state index in [-0.39, 0.29) is 11.8 Å². The van der Waals surface area contributed by atoms with Crippen molar-refractivity contribution in [3.63, 3.8) is 0 Å². The Morgan fingerprint density at radius 2 is 2.00 bits per heavy atom. The second kappa shape index (κ2) is 6.13. The zero-order valence-corrected chi connectivity index (χ0v) is 11.3. The lowest BCUT2D eigenvalue weighted by Crippen LogP contribution is -2.48. The fraction of sp³-hybridized carbons (Fsp3) is 0.700. The Hall–Kier alpha value is -0.920. The van der Waals surface area contributed by atoms with E-state index in [9.17, 15) is 13.2 Å². The van der Waals surface area contributed by atoms with Crippen molar-refractivity contribution < 1.29 is 22.2 Å². The molecule has 0 bridgehead atoms. The number of likely N-dealkylation sites (N-methyl/N-ethyl adjacent to an activating group) is 1. The standard InChI is InChI=1S/C10H20N2O4S/c1-9(6-8-17(14,15)16)12(2,3)7-4-5-10(11)13/h4-5,9H,6-8H2,1-3H3,(H2-,11,13,14,15,16)/p+1. The van der Waals surface area contributed by atoms with Gasteiger partial charge in [0.25, 0.3) is 10.1 Å². The zero-order valence-electron chi connectivity index (χ0n) is 10.5. The Morgan fingerprint density at radius 1 is 1.47 bits per heavy atom. The maximum absolute atomic E-state index is 10.6. The van der Waals surface area contributed by atoms with Gasteiger partial charge in [0.2, 0.25) is 5.91 Å². The SMILES string of the molecule is CC(CCS(=O)(=O)O)[N+](C)(C)CC=CC(N)=O. The quantitative estimate of drug-likeness (QED) is 0.377. The van der Waals surface area contributed by atoms with Gasteiger partial charge < -0.3 is 10.2 Å². The van der Waals surface area contributed by atoms with Gasteiger partial charge in [-0.15, -0.1) is 0 Å². The Bertz CT molecular complexity index is 387. The van der Waals surface area contributed by atoms with E-state index in [0.29, 0.717) is 17.4 Å². The average Bonchev–Trinajstić information content (AvgIpc) is 2.11. The lowest BCUT2D eigenvalue weighted by molar-refractivity contribution is -0.907. The topological polar surface area (TPSA) is 97.5 Å². The molecule has 0 aliphatic rings. The van der Waals surface area contributed by atoms with Crippen molar-refractivity contribution in [2.24, 2.45) is 5.73 Å². The van der Waals surface area contributed by atoms with Crippen molar-refractivity contribution in [1.82, 2.24) is 0 Å². The minimum Gasteiger partial charge on any atom is -0.366 e. The van der Waals surface area contributed by atoms with Crippen LogP contribution in [-0.4, -0.2) is 55.8 Å². The molecule has 7 heteroatoms. The highest BCUT2D eigenvalue weighted by molar-refractivity contribution is 7.85. The van der Waals surface area contributed by atoms with Crippen LogP contribution in [0.25, 0.3) is 0 Å². The number of rotatable bonds is 7. The van der Waals surface area contributed by atoms with Crippen molar-refractivity contribution in [2.45, 2.75) is 19.4 Å². The summed E-state index contributed by atoms with van der Waals surface area (Å²) in [7, 11) is -0.0822. The van der Waals surface area contributed by atoms with Crippen molar-refractivity contribution in [1.29, 1.82) is 0 Å². The smallest absolute Gasteiger partial charge is 0.265 e. The minimum atomic E-state index is -3.92. The predicted molar refractivity (Wildman–Crippen MR) is 65.8 cm³/mol. The zero-order chi connectivity index (χ0) is 13.7. The van der Waals surface area contributed by atoms with Crippen LogP contribution in [0.1, 0.15) is 13.3 Å². The lowest BCUT2D eigenvalue weighted by Gasteiger charge is -2.35. The van der Waals surface area contributed by atoms with E-state index >= 15 is 0 Å². The van der Waals surface area contributed by atoms with Crippen LogP contribution in [0, 0.1) is 0 Å². The number of hydrogen-bond acceptors (Lipinski definition) is 3. The van der Waals surface area contributed by atoms with Gasteiger partial charge in [-0.1, -0.05) is 0 Å². The molecule has 6 nitrogen and oxygen atoms in total. The minimum absolute atomic E-state index is 0.0365. The third-order valence-electron chi connectivity index (χ3n) is 2.84. The summed E-state index contributed by atoms with van der Waals surface area (Å²) in [5, 5.41) is 0. The van der Waals surface area contributed by atoms with E-state index in [4.69, 9.17) is 10.3 Å². The van der Waals surface area contributed by atoms with Gasteiger partial charge in [0, 0.05) is 12.5 Å². The first-order chi connectivity index (χ1) is 7.54. The average molecular weight is 265 g/mol. The summed E-state index contributed by atoms with van der Waals surface area (Å²) in [6, 6.07) is 0.0365. The second-order valence-electron chi connectivity index (χ2n) is 4.69. The molecule has 0 aromatic heterocycles. The van der Waals surface area contributed by atoms with E-state index in [1.165, 1.54) is 6.08 Å². The molecule has 0 aromatic carbocycles. The molecule has 0 aromatic rings. The van der Waals surface area contributed by atoms with Gasteiger partial charge in [-0.05, 0) is 13.0 Å². The van der Waals surface area contributed by atoms with Crippen molar-refractivity contribution in [3.8, 4) is 0 Å². The Labute approximate surface area is 102 Å². The van der Waals surface area contributed by atoms with Gasteiger partial charge >= 0.3 is 0 Å². The van der Waals surface area contributed by atoms with Crippen LogP contribution in [0.5, 0.6) is 0 Å². The Kier molecular flexibility index (Phi) is 5.80. The Balaban J connectivity index is 4.34. The van der Waals surface area contributed by atoms with E-state index in [0.717, 1.165) is 0 Å². The van der Waals surface area contributed by atoms with E-state index in [1.54, 1.807) is 6.08 Å². The highest BCUT2D eigenvalue weighted by atomic mass is 32.2. The summed E-state index contributed by atoms with van der Waals surface area (Å²) in [5.41, 5.74) is 4.97. The monoisotopic (exact) mass is 265 g/mol. The molecule has 0 radical (unpaired) electrons. The number of hydrogen-bond donors (Lipinski definition) is 2. The number of nitrogens with two attached hydrogens (primary N) is 1. The normalized spacial score (nSPS) is 15.1. The molecule has 0 aliphatic heterocycles. The van der Waals surface area contributed by atoms with E-state index in [1.807, 2.05) is 21.0 Å². The van der Waals surface area contributed by atoms with Gasteiger partial charge in [-0.3, -0.25) is 9.35 Å². The molecule has 0 spiro atoms. The number of primary amides is 1. The van der Waals surface area contributed by atoms with Crippen molar-refractivity contribution in [3.05, 3.63) is 12.2 Å². The molecule has 0 saturated heterocycles. The number of nitrogens with zero attached hydrogens (tertiary/aromatic N) is 1. The summed E-state index contributed by atoms with van der Waals surface area (Å²) in [6.45, 7) is 2.46. The van der Waals surface area contributed by atoms with Gasteiger partial charge in [-0.25, -0.2) is 0 Å². The maximum atomic E-state index is 10.6. The van der Waals surface area contributed by atoms with Crippen molar-refractivity contribution in [2.75, 3.05) is 26.4 Å². The fourth-order valence-electron chi connectivity index (χ4n) is 1.29. The molecule has 1 unspecified atom stereocenters. The molecule has 100 valence electrons. The Morgan fingerprint density at radius 3 is 2.41 bits per heavy atom. The van der Waals surface area contributed by atoms with Crippen molar-refractivity contribution >= 4 is 16.0 Å². The molecular weight excluding hydrogens is 244 g/mol. The number of carbonyl (C=O) groups is 1. The molecule has 3 N–H and O–H groups in total. The van der Waals surface area contributed by atoms with Gasteiger partial charge in [-0.2, -0.15) is 8.42 Å². The lowest BCUT2D eigenvalue weighted by atomic mass is 10.2. The second-order valence-corrected chi connectivity index (χ2v) is 6.26. The largest absolute Gasteiger partial charge is 0.366 e. The highest BCUT2D eigenvalue weighted by Gasteiger charge is 2.24. The van der Waals surface area contributed by atoms with Gasteiger partial charge in [0.15, 0.2) is 0 Å². The first-order valence-electron chi connectivity index (χ1n) is 5.28. The molecule has 0 saturated carbocycles. The first-order valence-corrected chi connectivity index (χ1v) is 6.89. The van der Waals surface area contributed by atoms with Crippen LogP contribution >= 0.6 is 0 Å². The van der Waals surface area contributed by atoms with Gasteiger partial charge in [0.1, 0.15) is 0 Å². The van der Waals surface area contributed by atoms with Crippen LogP contribution in [0.3, 0.4) is 0 Å². The summed E-state index contributed by atoms with van der Waals surface area (Å²) in [4.78, 5) is 10.5. The van der Waals surface area contributed by atoms with Crippen LogP contribution in [-0.2, 0) is 14.9 Å². The number of amides is 1. The molecule has 1 atom stereocenters. The van der Waals surface area contributed by atoms with Crippen LogP contribution in [0.4, 0.5) is 0 Å². The summed E-state index contributed by atoms with van der Waals surface area (Å²) in [5.74, 6) is -0.759. The molecule has 0 fully saturated rings. The van der Waals surface area contributed by atoms with E-state index < -0.39 is 16.0 Å². The molecule has 0 aliphatic carbocycles. The van der Waals surface area contributed by atoms with E-state index in [2.05, 4.69) is 0 Å². The molecule has 1 amide bonds. The fourth-order valence-corrected chi connectivity index (χ4v) is 1.93. The summed E-state index contributed by atoms with van der Waals surface area (Å²) >= 11 is 0. The highest BCUT2D eigenvalue weighted by Crippen LogP contribution is 2.11. The molecule has 0 heterocycles. The first kappa shape index (κ1) is 16.1. The van der Waals surface area contributed by atoms with Crippen LogP contribution < -0.4 is 5.73 Å². The third-order valence-corrected chi connectivity index (χ3v) is 3.60. The summed E-state index contributed by atoms with van der Waals surface area (Å²) in [6.07, 6.45) is 3.30. The molecule has 0 rings (SSSR count). The number of carbonyl (C=O) groups excluding carboxylic acids is 1. The van der Waals surface area contributed by atoms with Crippen LogP contribution in [0.15, 0.2) is 12.2 Å². The third kappa shape index (κ3) is 7.89. The maximum Gasteiger partial charge on any atom is 0.265 e. The van der Waals surface area contributed by atoms with Gasteiger partial charge in [0.05, 0.1) is 32.4 Å². The molecular formula is C10H21N2O4S+. The summed E-state index contributed by atoms with van der Waals surface area (Å²) < 4.78 is 30.5. The predicted octanol–water partition coefficient (Wildman–Crippen LogP) is -0.229. The van der Waals surface area contributed by atoms with Crippen LogP contribution in [0.2, 0.25) is 0 Å². The molecule has 17 heavy (non-hydrogen) atoms. The number of quaternary nitrogens is 1.